The Balaban J connectivity index is 1.63. The summed E-state index contributed by atoms with van der Waals surface area (Å²) in [5, 5.41) is 2.76. The molecule has 0 atom stereocenters. The summed E-state index contributed by atoms with van der Waals surface area (Å²) in [5.41, 5.74) is 0.00175. The largest absolute Gasteiger partial charge is 0.465 e. The zero-order valence-electron chi connectivity index (χ0n) is 15.7. The number of hydrogen-bond acceptors (Lipinski definition) is 5. The molecule has 1 aliphatic rings. The molecule has 1 amide bonds. The van der Waals surface area contributed by atoms with E-state index >= 15 is 0 Å². The Bertz CT molecular complexity index is 894. The van der Waals surface area contributed by atoms with E-state index in [0.717, 1.165) is 6.07 Å². The summed E-state index contributed by atoms with van der Waals surface area (Å²) in [6.45, 7) is 0.584. The van der Waals surface area contributed by atoms with E-state index in [1.807, 2.05) is 0 Å². The molecule has 1 N–H and O–H groups in total. The minimum absolute atomic E-state index is 0.107. The van der Waals surface area contributed by atoms with Gasteiger partial charge in [-0.2, -0.15) is 13.2 Å². The van der Waals surface area contributed by atoms with Gasteiger partial charge >= 0.3 is 12.1 Å². The van der Waals surface area contributed by atoms with Gasteiger partial charge in [0.1, 0.15) is 5.82 Å². The number of amides is 1. The van der Waals surface area contributed by atoms with Crippen LogP contribution in [-0.2, 0) is 15.7 Å². The van der Waals surface area contributed by atoms with Gasteiger partial charge in [-0.1, -0.05) is 6.07 Å². The topological polar surface area (TPSA) is 71.5 Å². The standard InChI is InChI=1S/C20H20F3N3O3/c1-29-19(28)14-4-2-5-15(12-14)25-18(27)13-7-10-26(11-8-13)17-16(20(21,22)23)6-3-9-24-17/h2-6,9,12-13H,7-8,10-11H2,1H3,(H,25,27). The number of alkyl halides is 3. The average molecular weight is 407 g/mol. The fourth-order valence-corrected chi connectivity index (χ4v) is 3.31. The predicted octanol–water partition coefficient (Wildman–Crippen LogP) is 3.74. The van der Waals surface area contributed by atoms with E-state index in [1.165, 1.54) is 25.4 Å². The van der Waals surface area contributed by atoms with Gasteiger partial charge in [0.2, 0.25) is 5.91 Å². The Morgan fingerprint density at radius 3 is 2.55 bits per heavy atom. The van der Waals surface area contributed by atoms with Crippen molar-refractivity contribution in [3.05, 3.63) is 53.7 Å². The zero-order valence-corrected chi connectivity index (χ0v) is 15.7. The number of hydrogen-bond donors (Lipinski definition) is 1. The number of rotatable bonds is 4. The number of aromatic nitrogens is 1. The fraction of sp³-hybridized carbons (Fsp3) is 0.350. The molecular formula is C20H20F3N3O3. The van der Waals surface area contributed by atoms with Crippen molar-refractivity contribution in [2.24, 2.45) is 5.92 Å². The summed E-state index contributed by atoms with van der Waals surface area (Å²) >= 11 is 0. The molecule has 154 valence electrons. The highest BCUT2D eigenvalue weighted by atomic mass is 19.4. The second kappa shape index (κ2) is 8.50. The molecule has 0 bridgehead atoms. The summed E-state index contributed by atoms with van der Waals surface area (Å²) in [4.78, 5) is 29.6. The highest BCUT2D eigenvalue weighted by Crippen LogP contribution is 2.36. The Morgan fingerprint density at radius 2 is 1.90 bits per heavy atom. The summed E-state index contributed by atoms with van der Waals surface area (Å²) in [5.74, 6) is -1.19. The number of nitrogens with one attached hydrogen (secondary N) is 1. The number of halogens is 3. The molecule has 1 aromatic carbocycles. The lowest BCUT2D eigenvalue weighted by molar-refractivity contribution is -0.137. The van der Waals surface area contributed by atoms with Crippen LogP contribution in [0.15, 0.2) is 42.6 Å². The quantitative estimate of drug-likeness (QED) is 0.782. The van der Waals surface area contributed by atoms with Gasteiger partial charge in [0.25, 0.3) is 0 Å². The minimum atomic E-state index is -4.48. The molecule has 9 heteroatoms. The lowest BCUT2D eigenvalue weighted by Crippen LogP contribution is -2.39. The molecule has 0 radical (unpaired) electrons. The van der Waals surface area contributed by atoms with E-state index in [1.54, 1.807) is 23.1 Å². The monoisotopic (exact) mass is 407 g/mol. The normalized spacial score (nSPS) is 15.1. The number of ether oxygens (including phenoxy) is 1. The molecule has 0 spiro atoms. The summed E-state index contributed by atoms with van der Waals surface area (Å²) in [7, 11) is 1.27. The molecule has 6 nitrogen and oxygen atoms in total. The Labute approximate surface area is 165 Å². The third-order valence-electron chi connectivity index (χ3n) is 4.81. The van der Waals surface area contributed by atoms with Crippen LogP contribution in [0.2, 0.25) is 0 Å². The molecule has 0 aliphatic carbocycles. The maximum Gasteiger partial charge on any atom is 0.419 e. The Hall–Kier alpha value is -3.10. The van der Waals surface area contributed by atoms with Crippen molar-refractivity contribution >= 4 is 23.4 Å². The van der Waals surface area contributed by atoms with Gasteiger partial charge in [0.05, 0.1) is 18.2 Å². The molecule has 2 aromatic rings. The molecule has 0 unspecified atom stereocenters. The number of carbonyl (C=O) groups excluding carboxylic acids is 2. The molecule has 0 saturated carbocycles. The van der Waals surface area contributed by atoms with Gasteiger partial charge in [-0.25, -0.2) is 9.78 Å². The first-order valence-corrected chi connectivity index (χ1v) is 9.06. The Kier molecular flexibility index (Phi) is 6.05. The summed E-state index contributed by atoms with van der Waals surface area (Å²) < 4.78 is 44.3. The van der Waals surface area contributed by atoms with E-state index in [-0.39, 0.29) is 17.6 Å². The van der Waals surface area contributed by atoms with Gasteiger partial charge in [-0.15, -0.1) is 0 Å². The average Bonchev–Trinajstić information content (AvgIpc) is 2.73. The van der Waals surface area contributed by atoms with E-state index in [2.05, 4.69) is 15.0 Å². The Morgan fingerprint density at radius 1 is 1.17 bits per heavy atom. The third-order valence-corrected chi connectivity index (χ3v) is 4.81. The van der Waals surface area contributed by atoms with E-state index < -0.39 is 17.7 Å². The van der Waals surface area contributed by atoms with Crippen molar-refractivity contribution in [3.8, 4) is 0 Å². The molecular weight excluding hydrogens is 387 g/mol. The number of anilines is 2. The van der Waals surface area contributed by atoms with Crippen molar-refractivity contribution in [1.82, 2.24) is 4.98 Å². The first-order valence-electron chi connectivity index (χ1n) is 9.06. The van der Waals surface area contributed by atoms with Crippen LogP contribution < -0.4 is 10.2 Å². The molecule has 2 heterocycles. The lowest BCUT2D eigenvalue weighted by atomic mass is 9.95. The van der Waals surface area contributed by atoms with Gasteiger partial charge in [0.15, 0.2) is 0 Å². The third kappa shape index (κ3) is 4.85. The maximum atomic E-state index is 13.2. The number of nitrogens with zero attached hydrogens (tertiary/aromatic N) is 2. The van der Waals surface area contributed by atoms with Gasteiger partial charge in [-0.05, 0) is 43.2 Å². The molecule has 29 heavy (non-hydrogen) atoms. The van der Waals surface area contributed by atoms with Crippen LogP contribution in [0.3, 0.4) is 0 Å². The maximum absolute atomic E-state index is 13.2. The number of piperidine rings is 1. The molecule has 1 fully saturated rings. The minimum Gasteiger partial charge on any atom is -0.465 e. The van der Waals surface area contributed by atoms with E-state index in [9.17, 15) is 22.8 Å². The highest BCUT2D eigenvalue weighted by molar-refractivity contribution is 5.95. The highest BCUT2D eigenvalue weighted by Gasteiger charge is 2.37. The zero-order chi connectivity index (χ0) is 21.0. The van der Waals surface area contributed by atoms with Gasteiger partial charge in [-0.3, -0.25) is 4.79 Å². The number of pyridine rings is 1. The van der Waals surface area contributed by atoms with Crippen LogP contribution in [0, 0.1) is 5.92 Å². The second-order valence-corrected chi connectivity index (χ2v) is 6.70. The van der Waals surface area contributed by atoms with Crippen molar-refractivity contribution in [2.45, 2.75) is 19.0 Å². The number of methoxy groups -OCH3 is 1. The molecule has 3 rings (SSSR count). The second-order valence-electron chi connectivity index (χ2n) is 6.70. The molecule has 1 aromatic heterocycles. The van der Waals surface area contributed by atoms with Crippen LogP contribution in [0.4, 0.5) is 24.7 Å². The first-order chi connectivity index (χ1) is 13.8. The molecule has 1 aliphatic heterocycles. The molecule has 1 saturated heterocycles. The fourth-order valence-electron chi connectivity index (χ4n) is 3.31. The van der Waals surface area contributed by atoms with Crippen LogP contribution in [-0.4, -0.2) is 37.1 Å². The van der Waals surface area contributed by atoms with Crippen molar-refractivity contribution in [1.29, 1.82) is 0 Å². The van der Waals surface area contributed by atoms with Crippen molar-refractivity contribution in [2.75, 3.05) is 30.4 Å². The first kappa shape index (κ1) is 20.6. The van der Waals surface area contributed by atoms with Crippen LogP contribution in [0.25, 0.3) is 0 Å². The number of benzene rings is 1. The SMILES string of the molecule is COC(=O)c1cccc(NC(=O)C2CCN(c3ncccc3C(F)(F)F)CC2)c1. The van der Waals surface area contributed by atoms with E-state index in [4.69, 9.17) is 0 Å². The summed E-state index contributed by atoms with van der Waals surface area (Å²) in [6.07, 6.45) is -2.35. The number of carbonyl (C=O) groups is 2. The van der Waals surface area contributed by atoms with E-state index in [0.29, 0.717) is 37.2 Å². The van der Waals surface area contributed by atoms with Gasteiger partial charge < -0.3 is 15.0 Å². The smallest absolute Gasteiger partial charge is 0.419 e. The summed E-state index contributed by atoms with van der Waals surface area (Å²) in [6, 6.07) is 8.64. The number of esters is 1. The lowest BCUT2D eigenvalue weighted by Gasteiger charge is -2.33. The van der Waals surface area contributed by atoms with Crippen LogP contribution in [0.1, 0.15) is 28.8 Å². The van der Waals surface area contributed by atoms with Crippen LogP contribution in [0.5, 0.6) is 0 Å². The predicted molar refractivity (Wildman–Crippen MR) is 101 cm³/mol. The van der Waals surface area contributed by atoms with Gasteiger partial charge in [0, 0.05) is 30.9 Å². The van der Waals surface area contributed by atoms with Crippen molar-refractivity contribution in [3.63, 3.8) is 0 Å². The van der Waals surface area contributed by atoms with Crippen LogP contribution >= 0.6 is 0 Å². The van der Waals surface area contributed by atoms with Crippen molar-refractivity contribution < 1.29 is 27.5 Å².